The summed E-state index contributed by atoms with van der Waals surface area (Å²) in [6.07, 6.45) is 4.35. The largest absolute Gasteiger partial charge is 0.491 e. The van der Waals surface area contributed by atoms with Crippen LogP contribution < -0.4 is 10.4 Å². The lowest BCUT2D eigenvalue weighted by Gasteiger charge is -2.21. The molecule has 1 aromatic heterocycles. The van der Waals surface area contributed by atoms with Crippen molar-refractivity contribution in [3.8, 4) is 5.75 Å². The highest BCUT2D eigenvalue weighted by molar-refractivity contribution is 6.05. The van der Waals surface area contributed by atoms with E-state index in [0.717, 1.165) is 38.8 Å². The minimum atomic E-state index is -0.512. The second-order valence-electron chi connectivity index (χ2n) is 6.51. The van der Waals surface area contributed by atoms with Gasteiger partial charge in [0.2, 0.25) is 0 Å². The highest BCUT2D eigenvalue weighted by Gasteiger charge is 2.21. The maximum Gasteiger partial charge on any atom is 0.337 e. The molecular weight excluding hydrogens is 306 g/mol. The molecule has 0 aliphatic carbocycles. The molecule has 0 spiro atoms. The van der Waals surface area contributed by atoms with Gasteiger partial charge in [-0.15, -0.1) is 0 Å². The van der Waals surface area contributed by atoms with Crippen LogP contribution in [0.3, 0.4) is 0 Å². The van der Waals surface area contributed by atoms with Gasteiger partial charge in [-0.1, -0.05) is 12.8 Å². The van der Waals surface area contributed by atoms with Crippen molar-refractivity contribution in [3.63, 3.8) is 0 Å². The highest BCUT2D eigenvalue weighted by Crippen LogP contribution is 2.25. The van der Waals surface area contributed by atoms with Crippen LogP contribution in [0.2, 0.25) is 0 Å². The Bertz CT molecular complexity index is 786. The first-order valence-corrected chi connectivity index (χ1v) is 8.58. The normalized spacial score (nSPS) is 15.5. The molecule has 1 saturated heterocycles. The lowest BCUT2D eigenvalue weighted by molar-refractivity contribution is 0.0763. The van der Waals surface area contributed by atoms with Crippen LogP contribution in [-0.2, 0) is 0 Å². The molecule has 0 N–H and O–H groups in total. The van der Waals surface area contributed by atoms with Gasteiger partial charge >= 0.3 is 5.63 Å². The van der Waals surface area contributed by atoms with Crippen LogP contribution in [0.1, 0.15) is 49.9 Å². The first-order chi connectivity index (χ1) is 11.5. The van der Waals surface area contributed by atoms with Crippen molar-refractivity contribution in [1.82, 2.24) is 4.90 Å². The third-order valence-corrected chi connectivity index (χ3v) is 4.21. The van der Waals surface area contributed by atoms with Crippen molar-refractivity contribution >= 4 is 16.9 Å². The summed E-state index contributed by atoms with van der Waals surface area (Å²) in [7, 11) is 0. The van der Waals surface area contributed by atoms with E-state index < -0.39 is 5.63 Å². The molecule has 0 bridgehead atoms. The molecule has 1 aliphatic rings. The zero-order chi connectivity index (χ0) is 17.1. The van der Waals surface area contributed by atoms with E-state index in [1.165, 1.54) is 6.07 Å². The van der Waals surface area contributed by atoms with E-state index >= 15 is 0 Å². The van der Waals surface area contributed by atoms with Gasteiger partial charge < -0.3 is 14.1 Å². The number of rotatable bonds is 3. The van der Waals surface area contributed by atoms with Crippen LogP contribution in [0.4, 0.5) is 0 Å². The number of benzene rings is 1. The molecule has 128 valence electrons. The smallest absolute Gasteiger partial charge is 0.337 e. The summed E-state index contributed by atoms with van der Waals surface area (Å²) in [5, 5.41) is 0.653. The topological polar surface area (TPSA) is 59.8 Å². The summed E-state index contributed by atoms with van der Waals surface area (Å²) >= 11 is 0. The van der Waals surface area contributed by atoms with Crippen LogP contribution in [0.25, 0.3) is 11.0 Å². The number of ether oxygens (including phenoxy) is 1. The van der Waals surface area contributed by atoms with Gasteiger partial charge in [0.05, 0.1) is 11.7 Å². The average molecular weight is 329 g/mol. The first-order valence-electron chi connectivity index (χ1n) is 8.58. The zero-order valence-electron chi connectivity index (χ0n) is 14.2. The number of nitrogens with zero attached hydrogens (tertiary/aromatic N) is 1. The van der Waals surface area contributed by atoms with Crippen molar-refractivity contribution in [1.29, 1.82) is 0 Å². The van der Waals surface area contributed by atoms with Gasteiger partial charge in [-0.05, 0) is 38.8 Å². The minimum absolute atomic E-state index is 0.0242. The molecule has 0 unspecified atom stereocenters. The molecule has 0 atom stereocenters. The predicted octanol–water partition coefficient (Wildman–Crippen LogP) is 3.60. The number of carbonyl (C=O) groups is 1. The van der Waals surface area contributed by atoms with Crippen molar-refractivity contribution in [2.45, 2.75) is 45.6 Å². The van der Waals surface area contributed by atoms with Crippen LogP contribution in [0, 0.1) is 0 Å². The number of amides is 1. The Morgan fingerprint density at radius 1 is 1.12 bits per heavy atom. The molecule has 1 amide bonds. The van der Waals surface area contributed by atoms with Crippen molar-refractivity contribution in [2.24, 2.45) is 0 Å². The molecule has 2 heterocycles. The van der Waals surface area contributed by atoms with Gasteiger partial charge in [-0.2, -0.15) is 0 Å². The highest BCUT2D eigenvalue weighted by atomic mass is 16.5. The van der Waals surface area contributed by atoms with Gasteiger partial charge in [0.1, 0.15) is 11.3 Å². The third kappa shape index (κ3) is 3.61. The molecular formula is C19H23NO4. The molecule has 1 aromatic carbocycles. The van der Waals surface area contributed by atoms with Gasteiger partial charge in [0, 0.05) is 30.6 Å². The minimum Gasteiger partial charge on any atom is -0.491 e. The van der Waals surface area contributed by atoms with Gasteiger partial charge in [0.25, 0.3) is 5.91 Å². The number of hydrogen-bond acceptors (Lipinski definition) is 4. The van der Waals surface area contributed by atoms with Crippen molar-refractivity contribution in [3.05, 3.63) is 40.2 Å². The summed E-state index contributed by atoms with van der Waals surface area (Å²) in [6.45, 7) is 5.35. The van der Waals surface area contributed by atoms with E-state index in [-0.39, 0.29) is 12.0 Å². The Hall–Kier alpha value is -2.30. The Balaban J connectivity index is 2.00. The van der Waals surface area contributed by atoms with E-state index in [9.17, 15) is 9.59 Å². The van der Waals surface area contributed by atoms with Gasteiger partial charge in [0.15, 0.2) is 0 Å². The fourth-order valence-electron chi connectivity index (χ4n) is 3.11. The van der Waals surface area contributed by atoms with Crippen LogP contribution in [0.15, 0.2) is 33.5 Å². The summed E-state index contributed by atoms with van der Waals surface area (Å²) in [5.74, 6) is 0.535. The fourth-order valence-corrected chi connectivity index (χ4v) is 3.11. The number of carbonyl (C=O) groups excluding carboxylic acids is 1. The second-order valence-corrected chi connectivity index (χ2v) is 6.51. The van der Waals surface area contributed by atoms with E-state index in [0.29, 0.717) is 22.3 Å². The zero-order valence-corrected chi connectivity index (χ0v) is 14.2. The van der Waals surface area contributed by atoms with Crippen molar-refractivity contribution in [2.75, 3.05) is 13.1 Å². The predicted molar refractivity (Wildman–Crippen MR) is 92.6 cm³/mol. The van der Waals surface area contributed by atoms with Crippen LogP contribution >= 0.6 is 0 Å². The summed E-state index contributed by atoms with van der Waals surface area (Å²) < 4.78 is 10.9. The lowest BCUT2D eigenvalue weighted by Crippen LogP contribution is -2.32. The number of fused-ring (bicyclic) bond motifs is 1. The Labute approximate surface area is 141 Å². The molecule has 5 nitrogen and oxygen atoms in total. The fraction of sp³-hybridized carbons (Fsp3) is 0.474. The second kappa shape index (κ2) is 7.07. The monoisotopic (exact) mass is 329 g/mol. The molecule has 1 fully saturated rings. The summed E-state index contributed by atoms with van der Waals surface area (Å²) in [5.41, 5.74) is 0.292. The number of hydrogen-bond donors (Lipinski definition) is 0. The maximum atomic E-state index is 12.9. The molecule has 3 rings (SSSR count). The molecule has 1 aliphatic heterocycles. The van der Waals surface area contributed by atoms with E-state index in [1.54, 1.807) is 12.1 Å². The maximum absolute atomic E-state index is 12.9. The first kappa shape index (κ1) is 16.6. The quantitative estimate of drug-likeness (QED) is 0.807. The van der Waals surface area contributed by atoms with Crippen LogP contribution in [-0.4, -0.2) is 30.0 Å². The lowest BCUT2D eigenvalue weighted by atomic mass is 10.1. The van der Waals surface area contributed by atoms with Gasteiger partial charge in [-0.25, -0.2) is 4.79 Å². The van der Waals surface area contributed by atoms with E-state index in [1.807, 2.05) is 24.8 Å². The molecule has 0 radical (unpaired) electrons. The number of likely N-dealkylation sites (tertiary alicyclic amines) is 1. The Kier molecular flexibility index (Phi) is 4.88. The van der Waals surface area contributed by atoms with E-state index in [4.69, 9.17) is 9.15 Å². The van der Waals surface area contributed by atoms with Crippen molar-refractivity contribution < 1.29 is 13.9 Å². The standard InChI is InChI=1S/C19H23NO4/c1-13(2)23-14-7-8-15-16(12-18(21)24-17(15)11-14)19(22)20-9-5-3-4-6-10-20/h7-8,11-13H,3-6,9-10H2,1-2H3. The van der Waals surface area contributed by atoms with Gasteiger partial charge in [-0.3, -0.25) is 4.79 Å². The Morgan fingerprint density at radius 2 is 1.83 bits per heavy atom. The summed E-state index contributed by atoms with van der Waals surface area (Å²) in [6, 6.07) is 6.58. The van der Waals surface area contributed by atoms with Crippen LogP contribution in [0.5, 0.6) is 5.75 Å². The SMILES string of the molecule is CC(C)Oc1ccc2c(C(=O)N3CCCCCC3)cc(=O)oc2c1. The molecule has 2 aromatic rings. The molecule has 0 saturated carbocycles. The molecule has 5 heteroatoms. The molecule has 24 heavy (non-hydrogen) atoms. The Morgan fingerprint density at radius 3 is 2.50 bits per heavy atom. The summed E-state index contributed by atoms with van der Waals surface area (Å²) in [4.78, 5) is 26.7. The third-order valence-electron chi connectivity index (χ3n) is 4.21. The van der Waals surface area contributed by atoms with E-state index in [2.05, 4.69) is 0 Å². The average Bonchev–Trinajstić information content (AvgIpc) is 2.81.